The van der Waals surface area contributed by atoms with E-state index in [4.69, 9.17) is 84.3 Å². The van der Waals surface area contributed by atoms with E-state index in [0.717, 1.165) is 16.5 Å². The van der Waals surface area contributed by atoms with Gasteiger partial charge in [0.1, 0.15) is 5.75 Å². The Bertz CT molecular complexity index is 3000. The van der Waals surface area contributed by atoms with Crippen molar-refractivity contribution in [2.45, 2.75) is 23.2 Å². The molecule has 7 rings (SSSR count). The van der Waals surface area contributed by atoms with Gasteiger partial charge < -0.3 is 46.6 Å². The summed E-state index contributed by atoms with van der Waals surface area (Å²) < 4.78 is 8.15. The lowest BCUT2D eigenvalue weighted by molar-refractivity contribution is -0.991. The summed E-state index contributed by atoms with van der Waals surface area (Å²) in [6.07, 6.45) is -0.309. The van der Waals surface area contributed by atoms with Crippen molar-refractivity contribution in [3.8, 4) is 5.75 Å². The first-order valence-electron chi connectivity index (χ1n) is 21.6. The zero-order valence-electron chi connectivity index (χ0n) is 38.5. The summed E-state index contributed by atoms with van der Waals surface area (Å²) >= 11 is 35.2. The predicted octanol–water partition coefficient (Wildman–Crippen LogP) is 13.2. The Hall–Kier alpha value is -6.83. The molecule has 2 atom stereocenters. The van der Waals surface area contributed by atoms with Crippen molar-refractivity contribution in [3.05, 3.63) is 189 Å². The van der Waals surface area contributed by atoms with Crippen LogP contribution in [0.1, 0.15) is 34.1 Å². The lowest BCUT2D eigenvalue weighted by Gasteiger charge is -2.25. The lowest BCUT2D eigenvalue weighted by atomic mass is 10.0. The topological polar surface area (TPSA) is 224 Å². The van der Waals surface area contributed by atoms with E-state index in [1.165, 1.54) is 24.3 Å². The Labute approximate surface area is 449 Å². The van der Waals surface area contributed by atoms with Crippen LogP contribution in [0.15, 0.2) is 158 Å². The van der Waals surface area contributed by atoms with Crippen LogP contribution in [0.4, 0.5) is 48.5 Å². The van der Waals surface area contributed by atoms with Gasteiger partial charge in [0.2, 0.25) is 3.79 Å². The Morgan fingerprint density at radius 1 is 0.603 bits per heavy atom. The third-order valence-corrected chi connectivity index (χ3v) is 11.6. The quantitative estimate of drug-likeness (QED) is 0.0238. The van der Waals surface area contributed by atoms with Crippen molar-refractivity contribution in [3.63, 3.8) is 0 Å². The molecule has 380 valence electrons. The number of hydrogen-bond donors (Lipinski definition) is 8. The van der Waals surface area contributed by atoms with Gasteiger partial charge in [0.05, 0.1) is 41.1 Å². The minimum Gasteiger partial charge on any atom is -0.595 e. The maximum absolute atomic E-state index is 12.5. The fourth-order valence-electron chi connectivity index (χ4n) is 6.28. The molecule has 0 aliphatic carbocycles. The van der Waals surface area contributed by atoms with E-state index >= 15 is 0 Å². The van der Waals surface area contributed by atoms with E-state index in [1.54, 1.807) is 92.9 Å². The van der Waals surface area contributed by atoms with Gasteiger partial charge in [-0.3, -0.25) is 4.79 Å². The molecule has 7 aromatic carbocycles. The predicted molar refractivity (Wildman–Crippen MR) is 290 cm³/mol. The van der Waals surface area contributed by atoms with E-state index in [9.17, 15) is 29.2 Å². The molecule has 8 N–H and O–H groups in total. The molecule has 0 fully saturated rings. The summed E-state index contributed by atoms with van der Waals surface area (Å²) in [6.45, 7) is 2.05. The average molecular weight is 1110 g/mol. The number of anilines is 5. The average Bonchev–Trinajstić information content (AvgIpc) is 3.36. The van der Waals surface area contributed by atoms with Crippen molar-refractivity contribution < 1.29 is 43.9 Å². The number of carbonyl (C=O) groups excluding carboxylic acids is 5. The van der Waals surface area contributed by atoms with Gasteiger partial charge in [-0.1, -0.05) is 112 Å². The SMILES string of the molecule is CCOC(=O)c1ccc(NC(=O)Nc2ccc(Cl)c(Cl)c2)cc1.COc1ccccc1NC(=O)Nc1ccc2ccccc2c1.O=C(Nc1ccc(Cl)cc1)NC(CC(=O)c1ccc([NH+]([O-])O)cc1)C(Cl)(Cl)Cl. The summed E-state index contributed by atoms with van der Waals surface area (Å²) in [7, 11) is 1.57. The highest BCUT2D eigenvalue weighted by molar-refractivity contribution is 6.68. The second-order valence-electron chi connectivity index (χ2n) is 15.1. The van der Waals surface area contributed by atoms with Crippen LogP contribution in [0.3, 0.4) is 0 Å². The number of rotatable bonds is 13. The molecule has 0 radical (unpaired) electrons. The fraction of sp³-hybridized carbons (Fsp3) is 0.118. The number of carbonyl (C=O) groups is 5. The molecule has 7 aromatic rings. The Kier molecular flexibility index (Phi) is 21.8. The zero-order valence-corrected chi connectivity index (χ0v) is 43.0. The number of quaternary nitrogens is 1. The van der Waals surface area contributed by atoms with E-state index in [1.807, 2.05) is 54.6 Å². The molecule has 0 spiro atoms. The number of halogens is 6. The second-order valence-corrected chi connectivity index (χ2v) is 18.7. The van der Waals surface area contributed by atoms with E-state index in [2.05, 4.69) is 31.9 Å². The Morgan fingerprint density at radius 2 is 1.12 bits per heavy atom. The summed E-state index contributed by atoms with van der Waals surface area (Å²) in [5, 5.41) is 38.0. The number of ketones is 1. The number of nitrogens with one attached hydrogen (secondary N) is 7. The molecule has 2 unspecified atom stereocenters. The summed E-state index contributed by atoms with van der Waals surface area (Å²) in [6, 6.07) is 41.3. The number of alkyl halides is 3. The van der Waals surface area contributed by atoms with Crippen molar-refractivity contribution in [1.82, 2.24) is 5.32 Å². The molecule has 0 aliphatic heterocycles. The number of benzene rings is 7. The molecule has 6 amide bonds. The first kappa shape index (κ1) is 57.1. The highest BCUT2D eigenvalue weighted by atomic mass is 35.6. The third-order valence-electron chi connectivity index (χ3n) is 9.84. The van der Waals surface area contributed by atoms with Crippen LogP contribution in [-0.4, -0.2) is 58.6 Å². The third kappa shape index (κ3) is 18.6. The van der Waals surface area contributed by atoms with Gasteiger partial charge in [0.15, 0.2) is 11.5 Å². The summed E-state index contributed by atoms with van der Waals surface area (Å²) in [5.74, 6) is -0.212. The normalized spacial score (nSPS) is 11.4. The van der Waals surface area contributed by atoms with Crippen LogP contribution in [0.25, 0.3) is 10.8 Å². The summed E-state index contributed by atoms with van der Waals surface area (Å²) in [5.41, 5.74) is 3.56. The van der Waals surface area contributed by atoms with Crippen molar-refractivity contribution in [2.24, 2.45) is 0 Å². The van der Waals surface area contributed by atoms with E-state index in [0.29, 0.717) is 55.7 Å². The van der Waals surface area contributed by atoms with Crippen LogP contribution in [0, 0.1) is 5.21 Å². The van der Waals surface area contributed by atoms with E-state index < -0.39 is 38.9 Å². The van der Waals surface area contributed by atoms with Gasteiger partial charge >= 0.3 is 24.1 Å². The maximum Gasteiger partial charge on any atom is 0.338 e. The molecule has 22 heteroatoms. The second kappa shape index (κ2) is 27.8. The monoisotopic (exact) mass is 1110 g/mol. The molecule has 0 aliphatic rings. The fourth-order valence-corrected chi connectivity index (χ4v) is 7.10. The van der Waals surface area contributed by atoms with Crippen LogP contribution < -0.4 is 41.9 Å². The smallest absolute Gasteiger partial charge is 0.338 e. The number of ether oxygens (including phenoxy) is 2. The molecule has 0 saturated heterocycles. The molecule has 16 nitrogen and oxygen atoms in total. The molecule has 0 bridgehead atoms. The first-order chi connectivity index (χ1) is 34.8. The minimum atomic E-state index is -1.95. The largest absolute Gasteiger partial charge is 0.595 e. The number of Topliss-reactive ketones (excluding diaryl/α,β-unsaturated/α-hetero) is 1. The van der Waals surface area contributed by atoms with Crippen molar-refractivity contribution in [2.75, 3.05) is 40.3 Å². The molecular weight excluding hydrogens is 1070 g/mol. The van der Waals surface area contributed by atoms with Gasteiger partial charge in [0, 0.05) is 51.9 Å². The first-order valence-corrected chi connectivity index (χ1v) is 23.8. The number of hydrogen-bond acceptors (Lipinski definition) is 9. The molecule has 0 saturated carbocycles. The number of fused-ring (bicyclic) bond motifs is 1. The Morgan fingerprint density at radius 3 is 1.73 bits per heavy atom. The number of methoxy groups -OCH3 is 1. The van der Waals surface area contributed by atoms with Gasteiger partial charge in [-0.2, -0.15) is 5.23 Å². The molecule has 0 heterocycles. The number of urea groups is 3. The van der Waals surface area contributed by atoms with E-state index in [-0.39, 0.29) is 23.7 Å². The maximum atomic E-state index is 12.5. The summed E-state index contributed by atoms with van der Waals surface area (Å²) in [4.78, 5) is 60.2. The van der Waals surface area contributed by atoms with Crippen molar-refractivity contribution in [1.29, 1.82) is 0 Å². The van der Waals surface area contributed by atoms with Crippen LogP contribution in [0.5, 0.6) is 5.75 Å². The zero-order chi connectivity index (χ0) is 53.1. The van der Waals surface area contributed by atoms with Crippen LogP contribution in [-0.2, 0) is 4.74 Å². The lowest BCUT2D eigenvalue weighted by Crippen LogP contribution is -2.99. The molecule has 0 aromatic heterocycles. The highest BCUT2D eigenvalue weighted by Crippen LogP contribution is 2.33. The number of esters is 1. The standard InChI is InChI=1S/C18H16N2O2.C17H15Cl4N3O4.C16H14Cl2N2O3/c1-22-17-9-5-4-8-16(17)20-18(21)19-15-11-10-13-6-2-3-7-14(13)12-15;18-11-3-5-12(6-4-11)22-16(26)23-15(17(19,20)21)9-14(25)10-1-7-13(8-2-10)24(27)28;1-2-23-15(21)10-3-5-11(6-4-10)19-16(22)20-12-7-8-13(17)14(18)9-12/h2-12H,1H3,(H2,19,20,21);1-8,15,24,27H,9H2,(H2,22,23,26);3-9H,2H2,1H3,(H2,19,20,22). The van der Waals surface area contributed by atoms with Gasteiger partial charge in [-0.05, 0) is 121 Å². The van der Waals surface area contributed by atoms with Crippen LogP contribution in [0.2, 0.25) is 15.1 Å². The van der Waals surface area contributed by atoms with Gasteiger partial charge in [-0.15, -0.1) is 0 Å². The molecule has 73 heavy (non-hydrogen) atoms. The van der Waals surface area contributed by atoms with Crippen molar-refractivity contribution >= 4 is 144 Å². The number of amides is 6. The van der Waals surface area contributed by atoms with Gasteiger partial charge in [-0.25, -0.2) is 24.4 Å². The van der Waals surface area contributed by atoms with Crippen LogP contribution >= 0.6 is 69.6 Å². The highest BCUT2D eigenvalue weighted by Gasteiger charge is 2.36. The Balaban J connectivity index is 0.000000205. The van der Waals surface area contributed by atoms with Gasteiger partial charge in [0.25, 0.3) is 0 Å². The molecular formula is C51H45Cl6N7O9. The minimum absolute atomic E-state index is 0.0370. The number of para-hydroxylation sites is 2.